The highest BCUT2D eigenvalue weighted by Crippen LogP contribution is 2.30. The SMILES string of the molecule is C/C=C1/C(=C/c2[nH]c(/C=c3\[nH]/c(=C/C4=NC(=O)C(C)=C4C(C)C)c(C)c3CCC(=O)O)c(CCC(=O)O)c2C)NC(=O)C1C. The minimum atomic E-state index is -0.923. The quantitative estimate of drug-likeness (QED) is 0.280. The first-order valence-corrected chi connectivity index (χ1v) is 14.8. The van der Waals surface area contributed by atoms with E-state index in [9.17, 15) is 29.4 Å². The van der Waals surface area contributed by atoms with Crippen LogP contribution >= 0.6 is 0 Å². The molecule has 2 aliphatic rings. The number of amides is 2. The average Bonchev–Trinajstić information content (AvgIpc) is 3.59. The van der Waals surface area contributed by atoms with Crippen molar-refractivity contribution in [3.63, 3.8) is 0 Å². The number of nitrogens with one attached hydrogen (secondary N) is 3. The Kier molecular flexibility index (Phi) is 9.42. The maximum absolute atomic E-state index is 12.4. The lowest BCUT2D eigenvalue weighted by Gasteiger charge is -2.08. The lowest BCUT2D eigenvalue weighted by atomic mass is 9.95. The Bertz CT molecular complexity index is 1810. The first-order chi connectivity index (χ1) is 20.7. The molecule has 2 aromatic heterocycles. The summed E-state index contributed by atoms with van der Waals surface area (Å²) in [5.41, 5.74) is 8.41. The third-order valence-corrected chi connectivity index (χ3v) is 8.48. The molecule has 10 heteroatoms. The normalized spacial score (nSPS) is 19.7. The van der Waals surface area contributed by atoms with Gasteiger partial charge in [0.25, 0.3) is 5.91 Å². The number of carbonyl (C=O) groups excluding carboxylic acids is 2. The summed E-state index contributed by atoms with van der Waals surface area (Å²) in [6, 6.07) is 0. The maximum atomic E-state index is 12.4. The van der Waals surface area contributed by atoms with Crippen molar-refractivity contribution in [3.8, 4) is 0 Å². The van der Waals surface area contributed by atoms with Crippen molar-refractivity contribution < 1.29 is 29.4 Å². The number of nitrogens with zero attached hydrogens (tertiary/aromatic N) is 1. The summed E-state index contributed by atoms with van der Waals surface area (Å²) >= 11 is 0. The van der Waals surface area contributed by atoms with E-state index in [1.54, 1.807) is 6.92 Å². The van der Waals surface area contributed by atoms with Crippen LogP contribution in [0.4, 0.5) is 0 Å². The van der Waals surface area contributed by atoms with Crippen molar-refractivity contribution in [2.45, 2.75) is 74.1 Å². The van der Waals surface area contributed by atoms with E-state index in [4.69, 9.17) is 0 Å². The molecule has 5 N–H and O–H groups in total. The van der Waals surface area contributed by atoms with Gasteiger partial charge in [-0.15, -0.1) is 0 Å². The van der Waals surface area contributed by atoms with Gasteiger partial charge in [-0.25, -0.2) is 4.99 Å². The lowest BCUT2D eigenvalue weighted by molar-refractivity contribution is -0.138. The molecule has 4 rings (SSSR count). The molecule has 0 spiro atoms. The van der Waals surface area contributed by atoms with Crippen LogP contribution in [-0.4, -0.2) is 49.6 Å². The first kappa shape index (κ1) is 32.2. The van der Waals surface area contributed by atoms with Crippen LogP contribution in [0, 0.1) is 25.7 Å². The number of carbonyl (C=O) groups is 4. The van der Waals surface area contributed by atoms with Crippen molar-refractivity contribution in [1.29, 1.82) is 0 Å². The third kappa shape index (κ3) is 6.44. The Hall–Kier alpha value is -4.73. The van der Waals surface area contributed by atoms with E-state index in [0.29, 0.717) is 33.4 Å². The molecule has 1 fully saturated rings. The van der Waals surface area contributed by atoms with Gasteiger partial charge < -0.3 is 25.5 Å². The molecular weight excluding hydrogens is 560 g/mol. The summed E-state index contributed by atoms with van der Waals surface area (Å²) in [4.78, 5) is 59.0. The summed E-state index contributed by atoms with van der Waals surface area (Å²) in [5.74, 6) is -2.38. The van der Waals surface area contributed by atoms with Crippen molar-refractivity contribution in [3.05, 3.63) is 72.8 Å². The van der Waals surface area contributed by atoms with Crippen molar-refractivity contribution in [2.75, 3.05) is 0 Å². The second-order valence-electron chi connectivity index (χ2n) is 11.7. The van der Waals surface area contributed by atoms with E-state index in [1.807, 2.05) is 65.8 Å². The highest BCUT2D eigenvalue weighted by molar-refractivity contribution is 6.31. The molecule has 0 radical (unpaired) electrons. The average molecular weight is 601 g/mol. The fourth-order valence-electron chi connectivity index (χ4n) is 6.04. The molecule has 0 saturated carbocycles. The second-order valence-corrected chi connectivity index (χ2v) is 11.7. The highest BCUT2D eigenvalue weighted by atomic mass is 16.4. The van der Waals surface area contributed by atoms with Gasteiger partial charge in [0.2, 0.25) is 5.91 Å². The van der Waals surface area contributed by atoms with Gasteiger partial charge in [0.15, 0.2) is 0 Å². The molecule has 0 bridgehead atoms. The predicted molar refractivity (Wildman–Crippen MR) is 169 cm³/mol. The fourth-order valence-corrected chi connectivity index (χ4v) is 6.04. The minimum Gasteiger partial charge on any atom is -0.481 e. The Morgan fingerprint density at radius 2 is 1.52 bits per heavy atom. The van der Waals surface area contributed by atoms with Crippen LogP contribution in [-0.2, 0) is 32.0 Å². The molecule has 1 unspecified atom stereocenters. The highest BCUT2D eigenvalue weighted by Gasteiger charge is 2.29. The number of carboxylic acid groups (broad SMARTS) is 2. The third-order valence-electron chi connectivity index (χ3n) is 8.48. The zero-order valence-electron chi connectivity index (χ0n) is 26.3. The van der Waals surface area contributed by atoms with E-state index in [2.05, 4.69) is 20.3 Å². The fraction of sp³-hybridized carbons (Fsp3) is 0.382. The van der Waals surface area contributed by atoms with Gasteiger partial charge in [0.05, 0.1) is 11.6 Å². The Morgan fingerprint density at radius 1 is 0.886 bits per heavy atom. The summed E-state index contributed by atoms with van der Waals surface area (Å²) in [7, 11) is 0. The molecule has 4 heterocycles. The van der Waals surface area contributed by atoms with Gasteiger partial charge in [0, 0.05) is 46.2 Å². The topological polar surface area (TPSA) is 165 Å². The largest absolute Gasteiger partial charge is 0.481 e. The molecule has 2 amide bonds. The van der Waals surface area contributed by atoms with Crippen LogP contribution in [0.3, 0.4) is 0 Å². The molecule has 1 saturated heterocycles. The van der Waals surface area contributed by atoms with Gasteiger partial charge in [-0.2, -0.15) is 0 Å². The number of H-pyrrole nitrogens is 2. The molecule has 232 valence electrons. The van der Waals surface area contributed by atoms with Crippen LogP contribution in [0.15, 0.2) is 33.5 Å². The van der Waals surface area contributed by atoms with Gasteiger partial charge >= 0.3 is 11.9 Å². The Morgan fingerprint density at radius 3 is 2.11 bits per heavy atom. The standard InChI is InChI=1S/C34H40N4O6/c1-8-21-19(6)33(43)37-26(21)13-24-17(4)22(9-11-30(39)40)27(35-24)15-28-23(10-12-31(41)42)18(5)25(36-28)14-29-32(16(2)3)20(7)34(44)38-29/h8,13-16,19,35-36H,9-12H2,1-7H3,(H,37,43)(H,39,40)(H,41,42)/b21-8+,25-14+,26-13-,28-15-. The summed E-state index contributed by atoms with van der Waals surface area (Å²) in [5, 5.41) is 23.2. The lowest BCUT2D eigenvalue weighted by Crippen LogP contribution is -2.16. The monoisotopic (exact) mass is 600 g/mol. The van der Waals surface area contributed by atoms with Crippen LogP contribution < -0.4 is 16.0 Å². The number of aromatic nitrogens is 2. The van der Waals surface area contributed by atoms with E-state index >= 15 is 0 Å². The zero-order chi connectivity index (χ0) is 32.5. The van der Waals surface area contributed by atoms with Crippen LogP contribution in [0.5, 0.6) is 0 Å². The smallest absolute Gasteiger partial charge is 0.303 e. The van der Waals surface area contributed by atoms with Crippen molar-refractivity contribution in [2.24, 2.45) is 16.8 Å². The number of allylic oxidation sites excluding steroid dienone is 3. The molecule has 44 heavy (non-hydrogen) atoms. The van der Waals surface area contributed by atoms with Gasteiger partial charge in [-0.1, -0.05) is 19.9 Å². The summed E-state index contributed by atoms with van der Waals surface area (Å²) in [6.45, 7) is 13.3. The van der Waals surface area contributed by atoms with E-state index in [0.717, 1.165) is 39.1 Å². The number of aromatic amines is 2. The first-order valence-electron chi connectivity index (χ1n) is 14.8. The Balaban J connectivity index is 1.92. The van der Waals surface area contributed by atoms with Crippen molar-refractivity contribution >= 4 is 47.7 Å². The maximum Gasteiger partial charge on any atom is 0.303 e. The second kappa shape index (κ2) is 12.9. The molecule has 1 atom stereocenters. The summed E-state index contributed by atoms with van der Waals surface area (Å²) in [6.07, 6.45) is 7.89. The number of hydrogen-bond donors (Lipinski definition) is 5. The molecule has 0 aliphatic carbocycles. The predicted octanol–water partition coefficient (Wildman–Crippen LogP) is 3.61. The number of aliphatic carboxylic acids is 2. The van der Waals surface area contributed by atoms with Crippen LogP contribution in [0.2, 0.25) is 0 Å². The molecule has 10 nitrogen and oxygen atoms in total. The number of carboxylic acids is 2. The number of rotatable bonds is 10. The van der Waals surface area contributed by atoms with E-state index < -0.39 is 11.9 Å². The van der Waals surface area contributed by atoms with Crippen molar-refractivity contribution in [1.82, 2.24) is 15.3 Å². The van der Waals surface area contributed by atoms with Gasteiger partial charge in [-0.05, 0) is 105 Å². The summed E-state index contributed by atoms with van der Waals surface area (Å²) < 4.78 is 0. The molecule has 0 aromatic carbocycles. The Labute approximate surface area is 256 Å². The van der Waals surface area contributed by atoms with Crippen LogP contribution in [0.1, 0.15) is 81.1 Å². The molecule has 2 aliphatic heterocycles. The zero-order valence-corrected chi connectivity index (χ0v) is 26.3. The molecule has 2 aromatic rings. The van der Waals surface area contributed by atoms with Gasteiger partial charge in [-0.3, -0.25) is 19.2 Å². The van der Waals surface area contributed by atoms with Gasteiger partial charge in [0.1, 0.15) is 0 Å². The number of aliphatic imine (C=N–C) groups is 1. The number of hydrogen-bond acceptors (Lipinski definition) is 4. The van der Waals surface area contributed by atoms with E-state index in [-0.39, 0.29) is 49.3 Å². The van der Waals surface area contributed by atoms with E-state index in [1.165, 1.54) is 0 Å². The molecular formula is C34H40N4O6. The minimum absolute atomic E-state index is 0.0738. The van der Waals surface area contributed by atoms with Crippen LogP contribution in [0.25, 0.3) is 18.2 Å².